The van der Waals surface area contributed by atoms with Crippen molar-refractivity contribution >= 4 is 11.5 Å². The Morgan fingerprint density at radius 2 is 1.78 bits per heavy atom. The second kappa shape index (κ2) is 8.99. The molecule has 5 rings (SSSR count). The SMILES string of the molecule is CCCN1C2CCC1CC(c1ccc(OC)cc1)=C(COc1ccc3c(c1)C(=O)NC3)C2. The van der Waals surface area contributed by atoms with E-state index in [2.05, 4.69) is 29.3 Å². The molecule has 5 heteroatoms. The summed E-state index contributed by atoms with van der Waals surface area (Å²) in [4.78, 5) is 14.8. The number of ether oxygens (including phenoxy) is 2. The predicted octanol–water partition coefficient (Wildman–Crippen LogP) is 4.81. The number of methoxy groups -OCH3 is 1. The van der Waals surface area contributed by atoms with Crippen molar-refractivity contribution in [2.45, 2.75) is 57.7 Å². The van der Waals surface area contributed by atoms with Crippen LogP contribution in [0.5, 0.6) is 11.5 Å². The van der Waals surface area contributed by atoms with Crippen LogP contribution in [-0.2, 0) is 6.54 Å². The molecule has 2 aromatic carbocycles. The van der Waals surface area contributed by atoms with Gasteiger partial charge in [-0.15, -0.1) is 0 Å². The predicted molar refractivity (Wildman–Crippen MR) is 126 cm³/mol. The first-order valence-corrected chi connectivity index (χ1v) is 11.8. The zero-order valence-electron chi connectivity index (χ0n) is 19.0. The molecule has 168 valence electrons. The van der Waals surface area contributed by atoms with Gasteiger partial charge in [-0.3, -0.25) is 9.69 Å². The molecular formula is C27H32N2O3. The van der Waals surface area contributed by atoms with E-state index in [1.54, 1.807) is 7.11 Å². The topological polar surface area (TPSA) is 50.8 Å². The minimum absolute atomic E-state index is 0.00873. The van der Waals surface area contributed by atoms with Crippen LogP contribution in [0.15, 0.2) is 48.0 Å². The minimum atomic E-state index is -0.00873. The van der Waals surface area contributed by atoms with Crippen molar-refractivity contribution < 1.29 is 14.3 Å². The average molecular weight is 433 g/mol. The number of carbonyl (C=O) groups is 1. The van der Waals surface area contributed by atoms with Gasteiger partial charge in [-0.2, -0.15) is 0 Å². The van der Waals surface area contributed by atoms with E-state index in [0.29, 0.717) is 25.2 Å². The molecule has 2 bridgehead atoms. The zero-order valence-corrected chi connectivity index (χ0v) is 19.0. The van der Waals surface area contributed by atoms with Crippen LogP contribution in [0, 0.1) is 0 Å². The highest BCUT2D eigenvalue weighted by atomic mass is 16.5. The third kappa shape index (κ3) is 4.02. The maximum Gasteiger partial charge on any atom is 0.252 e. The monoisotopic (exact) mass is 432 g/mol. The number of benzene rings is 2. The van der Waals surface area contributed by atoms with Crippen LogP contribution in [0.25, 0.3) is 5.57 Å². The summed E-state index contributed by atoms with van der Waals surface area (Å²) in [5.74, 6) is 1.64. The van der Waals surface area contributed by atoms with Crippen molar-refractivity contribution in [3.63, 3.8) is 0 Å². The van der Waals surface area contributed by atoms with Gasteiger partial charge in [-0.1, -0.05) is 25.1 Å². The molecule has 0 saturated carbocycles. The Morgan fingerprint density at radius 1 is 1.03 bits per heavy atom. The smallest absolute Gasteiger partial charge is 0.252 e. The van der Waals surface area contributed by atoms with Gasteiger partial charge < -0.3 is 14.8 Å². The number of nitrogens with zero attached hydrogens (tertiary/aromatic N) is 1. The Morgan fingerprint density at radius 3 is 2.53 bits per heavy atom. The van der Waals surface area contributed by atoms with E-state index < -0.39 is 0 Å². The maximum atomic E-state index is 12.1. The van der Waals surface area contributed by atoms with Crippen LogP contribution < -0.4 is 14.8 Å². The number of amides is 1. The van der Waals surface area contributed by atoms with Gasteiger partial charge in [0.15, 0.2) is 0 Å². The molecule has 3 aliphatic rings. The summed E-state index contributed by atoms with van der Waals surface area (Å²) in [6, 6.07) is 15.5. The van der Waals surface area contributed by atoms with Gasteiger partial charge in [0.25, 0.3) is 5.91 Å². The molecule has 3 heterocycles. The number of nitrogens with one attached hydrogen (secondary N) is 1. The molecule has 0 aromatic heterocycles. The van der Waals surface area contributed by atoms with E-state index in [0.717, 1.165) is 35.5 Å². The largest absolute Gasteiger partial charge is 0.497 e. The van der Waals surface area contributed by atoms with Gasteiger partial charge in [-0.05, 0) is 85.2 Å². The number of fused-ring (bicyclic) bond motifs is 3. The Hall–Kier alpha value is -2.79. The van der Waals surface area contributed by atoms with Crippen molar-refractivity contribution in [1.29, 1.82) is 0 Å². The lowest BCUT2D eigenvalue weighted by Gasteiger charge is -2.27. The van der Waals surface area contributed by atoms with Gasteiger partial charge in [0.05, 0.1) is 7.11 Å². The molecule has 0 radical (unpaired) electrons. The fraction of sp³-hybridized carbons (Fsp3) is 0.444. The maximum absolute atomic E-state index is 12.1. The summed E-state index contributed by atoms with van der Waals surface area (Å²) in [7, 11) is 1.71. The molecule has 5 nitrogen and oxygen atoms in total. The summed E-state index contributed by atoms with van der Waals surface area (Å²) in [5.41, 5.74) is 5.85. The fourth-order valence-electron chi connectivity index (χ4n) is 5.58. The van der Waals surface area contributed by atoms with Crippen molar-refractivity contribution in [3.05, 3.63) is 64.7 Å². The van der Waals surface area contributed by atoms with Gasteiger partial charge in [0, 0.05) is 24.2 Å². The van der Waals surface area contributed by atoms with Crippen LogP contribution in [-0.4, -0.2) is 43.2 Å². The molecule has 0 spiro atoms. The molecule has 2 atom stereocenters. The van der Waals surface area contributed by atoms with Crippen molar-refractivity contribution in [3.8, 4) is 11.5 Å². The van der Waals surface area contributed by atoms with Crippen LogP contribution >= 0.6 is 0 Å². The van der Waals surface area contributed by atoms with E-state index >= 15 is 0 Å². The summed E-state index contributed by atoms with van der Waals surface area (Å²) < 4.78 is 11.7. The molecule has 1 saturated heterocycles. The molecule has 2 aromatic rings. The second-order valence-corrected chi connectivity index (χ2v) is 9.13. The first-order chi connectivity index (χ1) is 15.7. The first-order valence-electron chi connectivity index (χ1n) is 11.8. The highest BCUT2D eigenvalue weighted by molar-refractivity contribution is 5.98. The average Bonchev–Trinajstić information content (AvgIpc) is 3.32. The Balaban J connectivity index is 1.43. The lowest BCUT2D eigenvalue weighted by Crippen LogP contribution is -2.35. The zero-order chi connectivity index (χ0) is 22.1. The lowest BCUT2D eigenvalue weighted by atomic mass is 9.89. The number of carbonyl (C=O) groups excluding carboxylic acids is 1. The molecule has 1 amide bonds. The molecule has 1 fully saturated rings. The molecule has 32 heavy (non-hydrogen) atoms. The highest BCUT2D eigenvalue weighted by Crippen LogP contribution is 2.41. The summed E-state index contributed by atoms with van der Waals surface area (Å²) >= 11 is 0. The standard InChI is InChI=1S/C27H32N2O3/c1-3-12-29-21-7-8-22(29)14-25(18-4-9-23(31-2)10-5-18)20(13-21)17-32-24-11-6-19-16-28-27(30)26(19)15-24/h4-6,9-11,15,21-22H,3,7-8,12-14,16-17H2,1-2H3,(H,28,30). The van der Waals surface area contributed by atoms with Crippen LogP contribution in [0.1, 0.15) is 60.5 Å². The van der Waals surface area contributed by atoms with Gasteiger partial charge in [0.2, 0.25) is 0 Å². The first kappa shape index (κ1) is 21.1. The summed E-state index contributed by atoms with van der Waals surface area (Å²) in [5, 5.41) is 2.88. The van der Waals surface area contributed by atoms with Crippen molar-refractivity contribution in [2.24, 2.45) is 0 Å². The fourth-order valence-corrected chi connectivity index (χ4v) is 5.58. The number of hydrogen-bond acceptors (Lipinski definition) is 4. The molecule has 0 aliphatic carbocycles. The quantitative estimate of drug-likeness (QED) is 0.682. The van der Waals surface area contributed by atoms with Gasteiger partial charge in [0.1, 0.15) is 18.1 Å². The van der Waals surface area contributed by atoms with Crippen LogP contribution in [0.2, 0.25) is 0 Å². The summed E-state index contributed by atoms with van der Waals surface area (Å²) in [6.45, 7) is 4.61. The Kier molecular flexibility index (Phi) is 5.92. The van der Waals surface area contributed by atoms with E-state index in [-0.39, 0.29) is 5.91 Å². The normalized spacial score (nSPS) is 22.5. The molecule has 1 N–H and O–H groups in total. The second-order valence-electron chi connectivity index (χ2n) is 9.13. The van der Waals surface area contributed by atoms with E-state index in [9.17, 15) is 4.79 Å². The molecule has 2 unspecified atom stereocenters. The molecule has 3 aliphatic heterocycles. The Labute approximate surface area is 190 Å². The number of hydrogen-bond donors (Lipinski definition) is 1. The van der Waals surface area contributed by atoms with E-state index in [1.165, 1.54) is 42.5 Å². The summed E-state index contributed by atoms with van der Waals surface area (Å²) in [6.07, 6.45) is 5.84. The number of rotatable bonds is 7. The van der Waals surface area contributed by atoms with Crippen LogP contribution in [0.3, 0.4) is 0 Å². The van der Waals surface area contributed by atoms with Crippen LogP contribution in [0.4, 0.5) is 0 Å². The van der Waals surface area contributed by atoms with Gasteiger partial charge in [-0.25, -0.2) is 0 Å². The van der Waals surface area contributed by atoms with E-state index in [1.807, 2.05) is 30.3 Å². The molecular weight excluding hydrogens is 400 g/mol. The highest BCUT2D eigenvalue weighted by Gasteiger charge is 2.37. The van der Waals surface area contributed by atoms with Crippen molar-refractivity contribution in [2.75, 3.05) is 20.3 Å². The lowest BCUT2D eigenvalue weighted by molar-refractivity contribution is 0.0965. The van der Waals surface area contributed by atoms with Gasteiger partial charge >= 0.3 is 0 Å². The van der Waals surface area contributed by atoms with E-state index in [4.69, 9.17) is 9.47 Å². The third-order valence-corrected chi connectivity index (χ3v) is 7.22. The third-order valence-electron chi connectivity index (χ3n) is 7.22. The minimum Gasteiger partial charge on any atom is -0.497 e. The Bertz CT molecular complexity index is 1030. The van der Waals surface area contributed by atoms with Crippen molar-refractivity contribution in [1.82, 2.24) is 10.2 Å².